The monoisotopic (exact) mass is 503 g/mol. The summed E-state index contributed by atoms with van der Waals surface area (Å²) in [5.74, 6) is -0.354. The largest absolute Gasteiger partial charge is 0.416 e. The molecular weight excluding hydrogens is 487 g/mol. The molecule has 0 aliphatic carbocycles. The van der Waals surface area contributed by atoms with Crippen molar-refractivity contribution in [1.29, 1.82) is 0 Å². The summed E-state index contributed by atoms with van der Waals surface area (Å²) < 4.78 is 41.8. The third-order valence-corrected chi connectivity index (χ3v) is 6.48. The van der Waals surface area contributed by atoms with Crippen LogP contribution in [0.5, 0.6) is 0 Å². The van der Waals surface area contributed by atoms with Crippen molar-refractivity contribution in [2.24, 2.45) is 4.99 Å². The minimum absolute atomic E-state index is 0.0168. The van der Waals surface area contributed by atoms with Crippen LogP contribution >= 0.6 is 23.4 Å². The Bertz CT molecular complexity index is 1370. The Labute approximate surface area is 202 Å². The highest BCUT2D eigenvalue weighted by molar-refractivity contribution is 8.18. The molecular formula is C23H17ClF3N5OS. The fraction of sp³-hybridized carbons (Fsp3) is 0.217. The number of aliphatic imine (C=N–C) groups is 1. The maximum Gasteiger partial charge on any atom is 0.416 e. The lowest BCUT2D eigenvalue weighted by Crippen LogP contribution is -2.25. The number of amidine groups is 1. The van der Waals surface area contributed by atoms with Crippen LogP contribution in [0.1, 0.15) is 16.7 Å². The van der Waals surface area contributed by atoms with Gasteiger partial charge in [0.2, 0.25) is 6.54 Å². The Balaban J connectivity index is 1.56. The fourth-order valence-electron chi connectivity index (χ4n) is 3.44. The van der Waals surface area contributed by atoms with E-state index in [1.807, 2.05) is 6.07 Å². The Morgan fingerprint density at radius 1 is 1.26 bits per heavy atom. The number of carbonyl (C=O) groups excluding carboxylic acids is 1. The second-order valence-electron chi connectivity index (χ2n) is 7.53. The Morgan fingerprint density at radius 3 is 2.79 bits per heavy atom. The first kappa shape index (κ1) is 23.9. The number of halogens is 4. The predicted octanol–water partition coefficient (Wildman–Crippen LogP) is 5.58. The minimum atomic E-state index is -4.53. The number of benzene rings is 2. The lowest BCUT2D eigenvalue weighted by molar-refractivity contribution is -0.138. The predicted molar refractivity (Wildman–Crippen MR) is 127 cm³/mol. The molecule has 11 heteroatoms. The van der Waals surface area contributed by atoms with Gasteiger partial charge in [0.05, 0.1) is 35.3 Å². The molecule has 1 aromatic heterocycles. The second kappa shape index (κ2) is 9.52. The van der Waals surface area contributed by atoms with Gasteiger partial charge >= 0.3 is 6.18 Å². The molecule has 1 aliphatic heterocycles. The molecule has 2 heterocycles. The topological polar surface area (TPSA) is 54.9 Å². The molecule has 3 aromatic rings. The van der Waals surface area contributed by atoms with E-state index in [0.29, 0.717) is 28.7 Å². The first-order chi connectivity index (χ1) is 16.2. The van der Waals surface area contributed by atoms with Gasteiger partial charge in [-0.05, 0) is 53.2 Å². The van der Waals surface area contributed by atoms with Gasteiger partial charge in [0, 0.05) is 17.5 Å². The molecule has 0 spiro atoms. The third-order valence-electron chi connectivity index (χ3n) is 5.14. The van der Waals surface area contributed by atoms with Crippen molar-refractivity contribution in [3.05, 3.63) is 80.6 Å². The van der Waals surface area contributed by atoms with Gasteiger partial charge in [-0.1, -0.05) is 23.7 Å². The molecule has 0 unspecified atom stereocenters. The minimum Gasteiger partial charge on any atom is -0.346 e. The Morgan fingerprint density at radius 2 is 2.06 bits per heavy atom. The Kier molecular flexibility index (Phi) is 6.68. The molecule has 2 aromatic carbocycles. The molecule has 0 atom stereocenters. The van der Waals surface area contributed by atoms with Crippen LogP contribution in [-0.4, -0.2) is 45.9 Å². The van der Waals surface area contributed by atoms with Crippen LogP contribution in [0.15, 0.2) is 52.5 Å². The van der Waals surface area contributed by atoms with Gasteiger partial charge < -0.3 is 9.74 Å². The van der Waals surface area contributed by atoms with Crippen LogP contribution in [0.4, 0.5) is 13.2 Å². The van der Waals surface area contributed by atoms with E-state index in [2.05, 4.69) is 14.9 Å². The van der Waals surface area contributed by atoms with Crippen LogP contribution in [0.2, 0.25) is 5.02 Å². The van der Waals surface area contributed by atoms with Crippen molar-refractivity contribution in [2.75, 3.05) is 20.1 Å². The van der Waals surface area contributed by atoms with Crippen LogP contribution in [0, 0.1) is 6.57 Å². The number of thioether (sulfide) groups is 1. The van der Waals surface area contributed by atoms with Gasteiger partial charge in [0.25, 0.3) is 5.91 Å². The maximum atomic E-state index is 13.4. The fourth-order valence-corrected chi connectivity index (χ4v) is 4.51. The molecule has 1 aliphatic rings. The lowest BCUT2D eigenvalue weighted by Gasteiger charge is -2.14. The highest BCUT2D eigenvalue weighted by Gasteiger charge is 2.33. The summed E-state index contributed by atoms with van der Waals surface area (Å²) in [5.41, 5.74) is 0.670. The number of nitrogens with zero attached hydrogens (tertiary/aromatic N) is 5. The smallest absolute Gasteiger partial charge is 0.346 e. The van der Waals surface area contributed by atoms with E-state index >= 15 is 0 Å². The lowest BCUT2D eigenvalue weighted by atomic mass is 10.1. The highest BCUT2D eigenvalue weighted by atomic mass is 35.5. The normalized spacial score (nSPS) is 15.1. The van der Waals surface area contributed by atoms with E-state index < -0.39 is 11.7 Å². The van der Waals surface area contributed by atoms with Gasteiger partial charge in [0.1, 0.15) is 0 Å². The molecule has 0 fully saturated rings. The van der Waals surface area contributed by atoms with Crippen molar-refractivity contribution in [1.82, 2.24) is 14.7 Å². The van der Waals surface area contributed by atoms with Gasteiger partial charge in [-0.2, -0.15) is 23.3 Å². The average molecular weight is 504 g/mol. The maximum absolute atomic E-state index is 13.4. The van der Waals surface area contributed by atoms with E-state index in [1.54, 1.807) is 36.4 Å². The van der Waals surface area contributed by atoms with E-state index in [-0.39, 0.29) is 23.0 Å². The summed E-state index contributed by atoms with van der Waals surface area (Å²) in [5, 5.41) is 5.54. The number of fused-ring (bicyclic) bond motifs is 1. The highest BCUT2D eigenvalue weighted by Crippen LogP contribution is 2.35. The molecule has 6 nitrogen and oxygen atoms in total. The summed E-state index contributed by atoms with van der Waals surface area (Å²) >= 11 is 7.01. The standard InChI is InChI=1S/C23H17ClF3N5OS/c1-28-7-8-31(2)22-30-21(33)20(34-22)10-14-3-6-19-16(9-14)12-29-32(19)13-15-4-5-17(24)11-18(15)23(25,26)27/h3-6,9-12H,7-8,13H2,2H3. The summed E-state index contributed by atoms with van der Waals surface area (Å²) in [6, 6.07) is 9.03. The summed E-state index contributed by atoms with van der Waals surface area (Å²) in [7, 11) is 1.78. The number of rotatable bonds is 5. The van der Waals surface area contributed by atoms with E-state index in [4.69, 9.17) is 18.2 Å². The Hall–Kier alpha value is -3.29. The van der Waals surface area contributed by atoms with Crippen molar-refractivity contribution < 1.29 is 18.0 Å². The van der Waals surface area contributed by atoms with Gasteiger partial charge in [-0.25, -0.2) is 6.57 Å². The van der Waals surface area contributed by atoms with Gasteiger partial charge in [0.15, 0.2) is 5.17 Å². The number of amides is 1. The molecule has 34 heavy (non-hydrogen) atoms. The zero-order valence-corrected chi connectivity index (χ0v) is 19.4. The van der Waals surface area contributed by atoms with E-state index in [0.717, 1.165) is 17.0 Å². The summed E-state index contributed by atoms with van der Waals surface area (Å²) in [4.78, 5) is 21.9. The quantitative estimate of drug-likeness (QED) is 0.337. The number of alkyl halides is 3. The number of likely N-dealkylation sites (N-methyl/N-ethyl adjacent to an activating group) is 1. The first-order valence-electron chi connectivity index (χ1n) is 10.0. The van der Waals surface area contributed by atoms with Gasteiger partial charge in [-0.15, -0.1) is 0 Å². The number of hydrogen-bond acceptors (Lipinski definition) is 4. The van der Waals surface area contributed by atoms with Crippen LogP contribution in [0.25, 0.3) is 21.8 Å². The third kappa shape index (κ3) is 5.11. The molecule has 0 saturated heterocycles. The van der Waals surface area contributed by atoms with Crippen molar-refractivity contribution in [3.8, 4) is 0 Å². The molecule has 0 radical (unpaired) electrons. The molecule has 1 amide bonds. The van der Waals surface area contributed by atoms with Crippen molar-refractivity contribution >= 4 is 51.4 Å². The van der Waals surface area contributed by atoms with Crippen LogP contribution in [-0.2, 0) is 17.5 Å². The summed E-state index contributed by atoms with van der Waals surface area (Å²) in [6.07, 6.45) is -1.24. The van der Waals surface area contributed by atoms with Crippen LogP contribution < -0.4 is 0 Å². The molecule has 0 N–H and O–H groups in total. The SMILES string of the molecule is [C-]#[N+]CCN(C)C1=NC(=O)C(=Cc2ccc3c(cnn3Cc3ccc(Cl)cc3C(F)(F)F)c2)S1. The second-order valence-corrected chi connectivity index (χ2v) is 8.98. The van der Waals surface area contributed by atoms with E-state index in [9.17, 15) is 18.0 Å². The first-order valence-corrected chi connectivity index (χ1v) is 11.2. The number of aromatic nitrogens is 2. The van der Waals surface area contributed by atoms with Crippen molar-refractivity contribution in [2.45, 2.75) is 12.7 Å². The molecule has 4 rings (SSSR count). The molecule has 0 bridgehead atoms. The van der Waals surface area contributed by atoms with Crippen LogP contribution in [0.3, 0.4) is 0 Å². The summed E-state index contributed by atoms with van der Waals surface area (Å²) in [6.45, 7) is 7.60. The number of hydrogen-bond donors (Lipinski definition) is 0. The van der Waals surface area contributed by atoms with Gasteiger partial charge in [-0.3, -0.25) is 9.48 Å². The van der Waals surface area contributed by atoms with E-state index in [1.165, 1.54) is 28.6 Å². The zero-order chi connectivity index (χ0) is 24.5. The zero-order valence-electron chi connectivity index (χ0n) is 17.8. The number of carbonyl (C=O) groups is 1. The molecule has 174 valence electrons. The average Bonchev–Trinajstić information content (AvgIpc) is 3.35. The van der Waals surface area contributed by atoms with Crippen molar-refractivity contribution in [3.63, 3.8) is 0 Å². The molecule has 0 saturated carbocycles.